The van der Waals surface area contributed by atoms with E-state index in [0.29, 0.717) is 13.1 Å². The van der Waals surface area contributed by atoms with Gasteiger partial charge in [-0.3, -0.25) is 9.97 Å². The Kier molecular flexibility index (Phi) is 6.48. The van der Waals surface area contributed by atoms with Gasteiger partial charge in [0.25, 0.3) is 0 Å². The summed E-state index contributed by atoms with van der Waals surface area (Å²) in [6, 6.07) is 7.53. The molecule has 0 saturated carbocycles. The van der Waals surface area contributed by atoms with Gasteiger partial charge in [0.2, 0.25) is 0 Å². The zero-order chi connectivity index (χ0) is 15.8. The van der Waals surface area contributed by atoms with E-state index in [-0.39, 0.29) is 6.03 Å². The van der Waals surface area contributed by atoms with Gasteiger partial charge >= 0.3 is 6.03 Å². The predicted molar refractivity (Wildman–Crippen MR) is 89.1 cm³/mol. The SMILES string of the molecule is CN(Cc1cnccn1)C(=O)NCCSc1ccc(Cl)cc1. The molecule has 0 aliphatic heterocycles. The van der Waals surface area contributed by atoms with Gasteiger partial charge in [0.15, 0.2) is 0 Å². The van der Waals surface area contributed by atoms with E-state index in [2.05, 4.69) is 15.3 Å². The summed E-state index contributed by atoms with van der Waals surface area (Å²) in [5, 5.41) is 3.60. The van der Waals surface area contributed by atoms with Crippen LogP contribution in [0.2, 0.25) is 5.02 Å². The van der Waals surface area contributed by atoms with Gasteiger partial charge in [-0.1, -0.05) is 11.6 Å². The molecule has 0 unspecified atom stereocenters. The Morgan fingerprint density at radius 2 is 2.09 bits per heavy atom. The normalized spacial score (nSPS) is 10.3. The third-order valence-corrected chi connectivity index (χ3v) is 4.09. The standard InChI is InChI=1S/C15H17ClN4OS/c1-20(11-13-10-17-6-7-18-13)15(21)19-8-9-22-14-4-2-12(16)3-5-14/h2-7,10H,8-9,11H2,1H3,(H,19,21). The molecular weight excluding hydrogens is 320 g/mol. The van der Waals surface area contributed by atoms with E-state index < -0.39 is 0 Å². The van der Waals surface area contributed by atoms with Crippen molar-refractivity contribution in [3.05, 3.63) is 53.6 Å². The molecule has 0 aliphatic carbocycles. The molecule has 7 heteroatoms. The summed E-state index contributed by atoms with van der Waals surface area (Å²) in [5.41, 5.74) is 0.760. The van der Waals surface area contributed by atoms with E-state index in [1.807, 2.05) is 24.3 Å². The molecule has 0 aliphatic rings. The van der Waals surface area contributed by atoms with E-state index >= 15 is 0 Å². The molecule has 116 valence electrons. The summed E-state index contributed by atoms with van der Waals surface area (Å²) in [4.78, 5) is 22.8. The smallest absolute Gasteiger partial charge is 0.317 e. The number of halogens is 1. The van der Waals surface area contributed by atoms with Crippen LogP contribution in [0.25, 0.3) is 0 Å². The first-order chi connectivity index (χ1) is 10.6. The van der Waals surface area contributed by atoms with E-state index in [1.54, 1.807) is 42.3 Å². The first-order valence-electron chi connectivity index (χ1n) is 6.77. The van der Waals surface area contributed by atoms with Crippen molar-refractivity contribution in [1.29, 1.82) is 0 Å². The molecule has 0 spiro atoms. The Hall–Kier alpha value is -1.79. The van der Waals surface area contributed by atoms with Crippen LogP contribution >= 0.6 is 23.4 Å². The number of rotatable bonds is 6. The van der Waals surface area contributed by atoms with E-state index in [9.17, 15) is 4.79 Å². The molecule has 0 fully saturated rings. The number of aromatic nitrogens is 2. The van der Waals surface area contributed by atoms with Gasteiger partial charge in [0, 0.05) is 41.7 Å². The Labute approximate surface area is 139 Å². The maximum Gasteiger partial charge on any atom is 0.317 e. The van der Waals surface area contributed by atoms with Crippen LogP contribution in [-0.2, 0) is 6.54 Å². The fourth-order valence-corrected chi connectivity index (χ4v) is 2.61. The number of benzene rings is 1. The molecule has 0 radical (unpaired) electrons. The number of nitrogens with zero attached hydrogens (tertiary/aromatic N) is 3. The number of carbonyl (C=O) groups is 1. The molecule has 2 rings (SSSR count). The summed E-state index contributed by atoms with van der Waals surface area (Å²) >= 11 is 7.51. The predicted octanol–water partition coefficient (Wildman–Crippen LogP) is 3.06. The molecule has 0 saturated heterocycles. The number of carbonyl (C=O) groups excluding carboxylic acids is 1. The molecule has 22 heavy (non-hydrogen) atoms. The lowest BCUT2D eigenvalue weighted by molar-refractivity contribution is 0.207. The van der Waals surface area contributed by atoms with Crippen LogP contribution in [0.4, 0.5) is 4.79 Å². The number of urea groups is 1. The average molecular weight is 337 g/mol. The van der Waals surface area contributed by atoms with E-state index in [0.717, 1.165) is 21.4 Å². The van der Waals surface area contributed by atoms with Gasteiger partial charge in [0.1, 0.15) is 0 Å². The van der Waals surface area contributed by atoms with E-state index in [4.69, 9.17) is 11.6 Å². The summed E-state index contributed by atoms with van der Waals surface area (Å²) < 4.78 is 0. The minimum Gasteiger partial charge on any atom is -0.337 e. The lowest BCUT2D eigenvalue weighted by Crippen LogP contribution is -2.38. The second-order valence-corrected chi connectivity index (χ2v) is 6.19. The molecule has 5 nitrogen and oxygen atoms in total. The lowest BCUT2D eigenvalue weighted by Gasteiger charge is -2.17. The highest BCUT2D eigenvalue weighted by Gasteiger charge is 2.08. The van der Waals surface area contributed by atoms with Crippen LogP contribution in [0.5, 0.6) is 0 Å². The topological polar surface area (TPSA) is 58.1 Å². The first-order valence-corrected chi connectivity index (χ1v) is 8.14. The van der Waals surface area contributed by atoms with Crippen LogP contribution in [0, 0.1) is 0 Å². The third kappa shape index (κ3) is 5.54. The molecule has 2 amide bonds. The highest BCUT2D eigenvalue weighted by molar-refractivity contribution is 7.99. The zero-order valence-electron chi connectivity index (χ0n) is 12.2. The molecular formula is C15H17ClN4OS. The second kappa shape index (κ2) is 8.60. The van der Waals surface area contributed by atoms with E-state index in [1.165, 1.54) is 0 Å². The molecule has 1 aromatic heterocycles. The van der Waals surface area contributed by atoms with Crippen LogP contribution in [0.15, 0.2) is 47.8 Å². The summed E-state index contributed by atoms with van der Waals surface area (Å²) in [6.07, 6.45) is 4.88. The third-order valence-electron chi connectivity index (χ3n) is 2.82. The van der Waals surface area contributed by atoms with Crippen molar-refractivity contribution in [2.75, 3.05) is 19.3 Å². The van der Waals surface area contributed by atoms with Crippen molar-refractivity contribution in [3.63, 3.8) is 0 Å². The molecule has 2 aromatic rings. The Morgan fingerprint density at radius 1 is 1.32 bits per heavy atom. The molecule has 1 N–H and O–H groups in total. The number of hydrogen-bond donors (Lipinski definition) is 1. The van der Waals surface area contributed by atoms with Gasteiger partial charge in [-0.15, -0.1) is 11.8 Å². The summed E-state index contributed by atoms with van der Waals surface area (Å²) in [7, 11) is 1.73. The van der Waals surface area contributed by atoms with Crippen molar-refractivity contribution in [1.82, 2.24) is 20.2 Å². The summed E-state index contributed by atoms with van der Waals surface area (Å²) in [5.74, 6) is 0.798. The van der Waals surface area contributed by atoms with Gasteiger partial charge in [-0.2, -0.15) is 0 Å². The van der Waals surface area contributed by atoms with Crippen LogP contribution < -0.4 is 5.32 Å². The fourth-order valence-electron chi connectivity index (χ4n) is 1.72. The van der Waals surface area contributed by atoms with Crippen molar-refractivity contribution in [3.8, 4) is 0 Å². The number of amides is 2. The Bertz CT molecular complexity index is 594. The van der Waals surface area contributed by atoms with Gasteiger partial charge in [-0.05, 0) is 24.3 Å². The van der Waals surface area contributed by atoms with Gasteiger partial charge in [-0.25, -0.2) is 4.79 Å². The minimum atomic E-state index is -0.123. The lowest BCUT2D eigenvalue weighted by atomic mass is 10.4. The molecule has 1 aromatic carbocycles. The van der Waals surface area contributed by atoms with Crippen molar-refractivity contribution in [2.45, 2.75) is 11.4 Å². The number of nitrogens with one attached hydrogen (secondary N) is 1. The van der Waals surface area contributed by atoms with Crippen molar-refractivity contribution < 1.29 is 4.79 Å². The molecule has 0 bridgehead atoms. The second-order valence-electron chi connectivity index (χ2n) is 4.59. The fraction of sp³-hybridized carbons (Fsp3) is 0.267. The highest BCUT2D eigenvalue weighted by Crippen LogP contribution is 2.19. The first kappa shape index (κ1) is 16.6. The number of thioether (sulfide) groups is 1. The molecule has 1 heterocycles. The Morgan fingerprint density at radius 3 is 2.77 bits per heavy atom. The zero-order valence-corrected chi connectivity index (χ0v) is 13.8. The quantitative estimate of drug-likeness (QED) is 0.650. The van der Waals surface area contributed by atoms with Gasteiger partial charge in [0.05, 0.1) is 18.4 Å². The van der Waals surface area contributed by atoms with Gasteiger partial charge < -0.3 is 10.2 Å². The van der Waals surface area contributed by atoms with Crippen molar-refractivity contribution in [2.24, 2.45) is 0 Å². The van der Waals surface area contributed by atoms with Crippen LogP contribution in [0.3, 0.4) is 0 Å². The average Bonchev–Trinajstić information content (AvgIpc) is 2.54. The van der Waals surface area contributed by atoms with Crippen LogP contribution in [0.1, 0.15) is 5.69 Å². The summed E-state index contributed by atoms with van der Waals surface area (Å²) in [6.45, 7) is 1.03. The largest absolute Gasteiger partial charge is 0.337 e. The maximum atomic E-state index is 11.9. The minimum absolute atomic E-state index is 0.123. The maximum absolute atomic E-state index is 11.9. The number of hydrogen-bond acceptors (Lipinski definition) is 4. The van der Waals surface area contributed by atoms with Crippen molar-refractivity contribution >= 4 is 29.4 Å². The molecule has 0 atom stereocenters. The van der Waals surface area contributed by atoms with Crippen LogP contribution in [-0.4, -0.2) is 40.2 Å². The highest BCUT2D eigenvalue weighted by atomic mass is 35.5. The monoisotopic (exact) mass is 336 g/mol. The Balaban J connectivity index is 1.67.